The van der Waals surface area contributed by atoms with E-state index < -0.39 is 36.3 Å². The third-order valence-electron chi connectivity index (χ3n) is 4.07. The van der Waals surface area contributed by atoms with Crippen LogP contribution in [-0.4, -0.2) is 129 Å². The molecule has 0 saturated carbocycles. The minimum absolute atomic E-state index is 0.176. The van der Waals surface area contributed by atoms with Crippen LogP contribution in [0, 0.1) is 0 Å². The Balaban J connectivity index is 3.69. The fourth-order valence-electron chi connectivity index (χ4n) is 2.30. The minimum Gasteiger partial charge on any atom is -0.467 e. The number of amides is 1. The molecule has 0 aromatic carbocycles. The van der Waals surface area contributed by atoms with Crippen LogP contribution in [0.15, 0.2) is 0 Å². The van der Waals surface area contributed by atoms with Gasteiger partial charge in [-0.1, -0.05) is 0 Å². The van der Waals surface area contributed by atoms with Gasteiger partial charge in [0, 0.05) is 65.4 Å². The molecule has 4 atom stereocenters. The first-order chi connectivity index (χ1) is 14.4. The summed E-state index contributed by atoms with van der Waals surface area (Å²) < 4.78 is 4.21. The molecule has 1 amide bonds. The number of carbonyl (C=O) groups excluding carboxylic acids is 2. The molecule has 0 aliphatic heterocycles. The van der Waals surface area contributed by atoms with Gasteiger partial charge < -0.3 is 57.5 Å². The third kappa shape index (κ3) is 13.0. The average molecular weight is 439 g/mol. The Bertz CT molecular complexity index is 460. The summed E-state index contributed by atoms with van der Waals surface area (Å²) in [6.07, 6.45) is -8.22. The number of hydrogen-bond donors (Lipinski definition) is 10. The zero-order chi connectivity index (χ0) is 22.8. The van der Waals surface area contributed by atoms with Gasteiger partial charge in [-0.25, -0.2) is 4.79 Å². The van der Waals surface area contributed by atoms with E-state index in [0.29, 0.717) is 19.6 Å². The maximum Gasteiger partial charge on any atom is 0.337 e. The van der Waals surface area contributed by atoms with Crippen molar-refractivity contribution in [3.63, 3.8) is 0 Å². The summed E-state index contributed by atoms with van der Waals surface area (Å²) in [5.41, 5.74) is 5.37. The number of rotatable bonds is 19. The highest BCUT2D eigenvalue weighted by atomic mass is 16.5. The van der Waals surface area contributed by atoms with Gasteiger partial charge in [0.1, 0.15) is 12.2 Å². The van der Waals surface area contributed by atoms with Crippen LogP contribution >= 0.6 is 0 Å². The summed E-state index contributed by atoms with van der Waals surface area (Å²) in [7, 11) is 0.983. The highest BCUT2D eigenvalue weighted by Gasteiger charge is 2.37. The number of carbonyl (C=O) groups is 2. The predicted molar refractivity (Wildman–Crippen MR) is 110 cm³/mol. The number of ether oxygens (including phenoxy) is 1. The van der Waals surface area contributed by atoms with Gasteiger partial charge in [-0.05, 0) is 0 Å². The number of esters is 1. The molecule has 0 aliphatic rings. The monoisotopic (exact) mass is 438 g/mol. The molecule has 0 aromatic rings. The molecule has 13 nitrogen and oxygen atoms in total. The molecule has 11 N–H and O–H groups in total. The Morgan fingerprint density at radius 1 is 0.733 bits per heavy atom. The van der Waals surface area contributed by atoms with Crippen molar-refractivity contribution in [3.05, 3.63) is 0 Å². The smallest absolute Gasteiger partial charge is 0.337 e. The molecule has 0 rings (SSSR count). The zero-order valence-corrected chi connectivity index (χ0v) is 17.5. The SMILES string of the molecule is COC(=O)[C@H](O)[C@@H](O)[C@H](O)[C@@H](O)C(=O)NCCNCCNCCNCCNCCN. The summed E-state index contributed by atoms with van der Waals surface area (Å²) in [4.78, 5) is 22.9. The van der Waals surface area contributed by atoms with Crippen molar-refractivity contribution in [2.45, 2.75) is 24.4 Å². The molecular weight excluding hydrogens is 400 g/mol. The Morgan fingerprint density at radius 2 is 1.13 bits per heavy atom. The fraction of sp³-hybridized carbons (Fsp3) is 0.882. The standard InChI is InChI=1S/C17H38N6O7/c1-30-17(29)15(27)13(25)12(24)14(26)16(28)23-11-10-22-9-8-21-7-6-20-5-4-19-3-2-18/h12-15,19-22,24-27H,2-11,18H2,1H3,(H,23,28)/t12-,13-,14+,15+/m0/s1. The van der Waals surface area contributed by atoms with E-state index in [1.165, 1.54) is 0 Å². The lowest BCUT2D eigenvalue weighted by molar-refractivity contribution is -0.169. The molecule has 0 unspecified atom stereocenters. The lowest BCUT2D eigenvalue weighted by Crippen LogP contribution is -2.53. The summed E-state index contributed by atoms with van der Waals surface area (Å²) in [5.74, 6) is -2.13. The number of hydrogen-bond acceptors (Lipinski definition) is 12. The third-order valence-corrected chi connectivity index (χ3v) is 4.07. The summed E-state index contributed by atoms with van der Waals surface area (Å²) in [6.45, 7) is 6.86. The van der Waals surface area contributed by atoms with E-state index in [1.54, 1.807) is 0 Å². The van der Waals surface area contributed by atoms with Gasteiger partial charge in [0.05, 0.1) is 7.11 Å². The molecule has 0 heterocycles. The Kier molecular flexibility index (Phi) is 17.5. The van der Waals surface area contributed by atoms with Gasteiger partial charge in [0.15, 0.2) is 12.2 Å². The second-order valence-electron chi connectivity index (χ2n) is 6.47. The predicted octanol–water partition coefficient (Wildman–Crippen LogP) is -5.96. The normalized spacial score (nSPS) is 15.3. The van der Waals surface area contributed by atoms with E-state index in [1.807, 2.05) is 0 Å². The minimum atomic E-state index is -2.08. The number of aliphatic hydroxyl groups excluding tert-OH is 4. The zero-order valence-electron chi connectivity index (χ0n) is 17.5. The molecular formula is C17H38N6O7. The van der Waals surface area contributed by atoms with Crippen LogP contribution in [0.25, 0.3) is 0 Å². The van der Waals surface area contributed by atoms with Crippen LogP contribution in [0.2, 0.25) is 0 Å². The maximum absolute atomic E-state index is 11.8. The van der Waals surface area contributed by atoms with Crippen molar-refractivity contribution in [2.24, 2.45) is 5.73 Å². The molecule has 0 spiro atoms. The molecule has 13 heteroatoms. The van der Waals surface area contributed by atoms with Crippen molar-refractivity contribution < 1.29 is 34.8 Å². The van der Waals surface area contributed by atoms with Crippen LogP contribution in [0.5, 0.6) is 0 Å². The van der Waals surface area contributed by atoms with Crippen LogP contribution in [0.4, 0.5) is 0 Å². The van der Waals surface area contributed by atoms with Gasteiger partial charge in [-0.15, -0.1) is 0 Å². The largest absolute Gasteiger partial charge is 0.467 e. The van der Waals surface area contributed by atoms with E-state index in [-0.39, 0.29) is 6.54 Å². The number of aliphatic hydroxyl groups is 4. The van der Waals surface area contributed by atoms with Gasteiger partial charge in [-0.2, -0.15) is 0 Å². The Morgan fingerprint density at radius 3 is 1.57 bits per heavy atom. The second-order valence-corrected chi connectivity index (χ2v) is 6.47. The van der Waals surface area contributed by atoms with Gasteiger partial charge in [0.2, 0.25) is 0 Å². The van der Waals surface area contributed by atoms with Crippen molar-refractivity contribution in [1.82, 2.24) is 26.6 Å². The summed E-state index contributed by atoms with van der Waals surface area (Å²) in [5, 5.41) is 53.7. The molecule has 0 aliphatic carbocycles. The summed E-state index contributed by atoms with van der Waals surface area (Å²) in [6, 6.07) is 0. The van der Waals surface area contributed by atoms with E-state index >= 15 is 0 Å². The molecule has 0 aromatic heterocycles. The van der Waals surface area contributed by atoms with Crippen LogP contribution in [0.3, 0.4) is 0 Å². The lowest BCUT2D eigenvalue weighted by atomic mass is 10.0. The van der Waals surface area contributed by atoms with Crippen LogP contribution < -0.4 is 32.3 Å². The fourth-order valence-corrected chi connectivity index (χ4v) is 2.30. The van der Waals surface area contributed by atoms with Crippen molar-refractivity contribution in [2.75, 3.05) is 72.6 Å². The van der Waals surface area contributed by atoms with Crippen molar-refractivity contribution in [3.8, 4) is 0 Å². The quantitative estimate of drug-likeness (QED) is 0.0675. The molecule has 0 saturated heterocycles. The van der Waals surface area contributed by atoms with E-state index in [4.69, 9.17) is 5.73 Å². The number of nitrogens with one attached hydrogen (secondary N) is 5. The summed E-state index contributed by atoms with van der Waals surface area (Å²) >= 11 is 0. The van der Waals surface area contributed by atoms with Crippen LogP contribution in [0.1, 0.15) is 0 Å². The first-order valence-corrected chi connectivity index (χ1v) is 9.97. The topological polar surface area (TPSA) is 210 Å². The Hall–Kier alpha value is -1.42. The first-order valence-electron chi connectivity index (χ1n) is 9.97. The highest BCUT2D eigenvalue weighted by Crippen LogP contribution is 2.06. The van der Waals surface area contributed by atoms with Crippen molar-refractivity contribution >= 4 is 11.9 Å². The van der Waals surface area contributed by atoms with E-state index in [0.717, 1.165) is 46.4 Å². The van der Waals surface area contributed by atoms with Gasteiger partial charge in [0.25, 0.3) is 5.91 Å². The molecule has 178 valence electrons. The highest BCUT2D eigenvalue weighted by molar-refractivity contribution is 5.81. The Labute approximate surface area is 176 Å². The van der Waals surface area contributed by atoms with E-state index in [9.17, 15) is 30.0 Å². The molecule has 0 bridgehead atoms. The van der Waals surface area contributed by atoms with Crippen LogP contribution in [-0.2, 0) is 14.3 Å². The first kappa shape index (κ1) is 28.6. The van der Waals surface area contributed by atoms with E-state index in [2.05, 4.69) is 31.3 Å². The second kappa shape index (κ2) is 18.4. The average Bonchev–Trinajstić information content (AvgIpc) is 2.76. The molecule has 30 heavy (non-hydrogen) atoms. The van der Waals surface area contributed by atoms with Crippen molar-refractivity contribution in [1.29, 1.82) is 0 Å². The maximum atomic E-state index is 11.8. The molecule has 0 radical (unpaired) electrons. The number of methoxy groups -OCH3 is 1. The lowest BCUT2D eigenvalue weighted by Gasteiger charge is -2.24. The van der Waals surface area contributed by atoms with Gasteiger partial charge >= 0.3 is 5.97 Å². The van der Waals surface area contributed by atoms with Gasteiger partial charge in [-0.3, -0.25) is 4.79 Å². The molecule has 0 fully saturated rings. The number of nitrogens with two attached hydrogens (primary N) is 1.